The number of nitrogens with zero attached hydrogens (tertiary/aromatic N) is 1. The quantitative estimate of drug-likeness (QED) is 0.755. The van der Waals surface area contributed by atoms with Crippen molar-refractivity contribution in [3.8, 4) is 11.5 Å². The summed E-state index contributed by atoms with van der Waals surface area (Å²) in [6.07, 6.45) is 5.70. The van der Waals surface area contributed by atoms with E-state index in [0.717, 1.165) is 18.4 Å². The molecule has 4 nitrogen and oxygen atoms in total. The van der Waals surface area contributed by atoms with Crippen LogP contribution in [0.5, 0.6) is 11.5 Å². The molecule has 0 bridgehead atoms. The van der Waals surface area contributed by atoms with Gasteiger partial charge in [0.2, 0.25) is 5.91 Å². The second-order valence-corrected chi connectivity index (χ2v) is 5.52. The van der Waals surface area contributed by atoms with Crippen LogP contribution in [0.4, 0.5) is 0 Å². The monoisotopic (exact) mass is 289 g/mol. The van der Waals surface area contributed by atoms with Crippen molar-refractivity contribution in [2.75, 3.05) is 14.2 Å². The number of hydrogen-bond donors (Lipinski definition) is 0. The fraction of sp³-hybridized carbons (Fsp3) is 0.471. The summed E-state index contributed by atoms with van der Waals surface area (Å²) in [6, 6.07) is 6.26. The molecule has 4 heteroatoms. The Morgan fingerprint density at radius 1 is 1.24 bits per heavy atom. The Balaban J connectivity index is 2.11. The van der Waals surface area contributed by atoms with Crippen LogP contribution in [0.2, 0.25) is 0 Å². The Labute approximate surface area is 126 Å². The average molecular weight is 289 g/mol. The summed E-state index contributed by atoms with van der Waals surface area (Å²) in [5.74, 6) is 1.42. The normalized spacial score (nSPS) is 14.5. The van der Waals surface area contributed by atoms with Crippen molar-refractivity contribution in [1.29, 1.82) is 0 Å². The van der Waals surface area contributed by atoms with Gasteiger partial charge in [-0.1, -0.05) is 6.07 Å². The van der Waals surface area contributed by atoms with Crippen LogP contribution in [0.25, 0.3) is 6.08 Å². The standard InChI is InChI=1S/C17H23NO3/c1-12(2)18(14-7-8-14)17(19)10-6-13-5-9-15(20-3)16(11-13)21-4/h5-6,9-12,14H,7-8H2,1-4H3/b10-6+. The number of carbonyl (C=O) groups is 1. The fourth-order valence-corrected chi connectivity index (χ4v) is 2.42. The van der Waals surface area contributed by atoms with Gasteiger partial charge in [0.15, 0.2) is 11.5 Å². The number of amides is 1. The summed E-state index contributed by atoms with van der Waals surface area (Å²) in [5.41, 5.74) is 0.917. The van der Waals surface area contributed by atoms with E-state index in [1.165, 1.54) is 0 Å². The Hall–Kier alpha value is -1.97. The second-order valence-electron chi connectivity index (χ2n) is 5.52. The van der Waals surface area contributed by atoms with Crippen molar-refractivity contribution >= 4 is 12.0 Å². The topological polar surface area (TPSA) is 38.8 Å². The molecule has 114 valence electrons. The highest BCUT2D eigenvalue weighted by Gasteiger charge is 2.33. The summed E-state index contributed by atoms with van der Waals surface area (Å²) in [4.78, 5) is 14.3. The minimum absolute atomic E-state index is 0.0716. The number of methoxy groups -OCH3 is 2. The average Bonchev–Trinajstić information content (AvgIpc) is 3.29. The molecule has 1 fully saturated rings. The molecule has 0 aromatic heterocycles. The maximum absolute atomic E-state index is 12.3. The summed E-state index contributed by atoms with van der Waals surface area (Å²) in [5, 5.41) is 0. The molecule has 1 aromatic rings. The van der Waals surface area contributed by atoms with Crippen LogP contribution in [0.15, 0.2) is 24.3 Å². The van der Waals surface area contributed by atoms with Crippen molar-refractivity contribution < 1.29 is 14.3 Å². The first kappa shape index (κ1) is 15.4. The van der Waals surface area contributed by atoms with Crippen molar-refractivity contribution in [2.45, 2.75) is 38.8 Å². The van der Waals surface area contributed by atoms with Crippen molar-refractivity contribution in [3.05, 3.63) is 29.8 Å². The summed E-state index contributed by atoms with van der Waals surface area (Å²) in [7, 11) is 3.21. The molecule has 0 saturated heterocycles. The number of benzene rings is 1. The molecule has 2 rings (SSSR count). The molecular formula is C17H23NO3. The van der Waals surface area contributed by atoms with Crippen molar-refractivity contribution in [3.63, 3.8) is 0 Å². The van der Waals surface area contributed by atoms with E-state index < -0.39 is 0 Å². The number of ether oxygens (including phenoxy) is 2. The zero-order chi connectivity index (χ0) is 15.4. The van der Waals surface area contributed by atoms with Crippen LogP contribution in [0.1, 0.15) is 32.3 Å². The zero-order valence-corrected chi connectivity index (χ0v) is 13.1. The Kier molecular flexibility index (Phi) is 4.89. The van der Waals surface area contributed by atoms with E-state index in [2.05, 4.69) is 13.8 Å². The lowest BCUT2D eigenvalue weighted by molar-refractivity contribution is -0.128. The molecule has 1 aliphatic rings. The lowest BCUT2D eigenvalue weighted by Crippen LogP contribution is -2.37. The van der Waals surface area contributed by atoms with E-state index in [9.17, 15) is 4.79 Å². The minimum atomic E-state index is 0.0716. The largest absolute Gasteiger partial charge is 0.493 e. The number of rotatable bonds is 6. The van der Waals surface area contributed by atoms with Crippen LogP contribution in [-0.4, -0.2) is 37.1 Å². The van der Waals surface area contributed by atoms with E-state index in [1.807, 2.05) is 29.2 Å². The highest BCUT2D eigenvalue weighted by Crippen LogP contribution is 2.30. The molecule has 0 unspecified atom stereocenters. The SMILES string of the molecule is COc1ccc(/C=C/C(=O)N(C(C)C)C2CC2)cc1OC. The number of hydrogen-bond acceptors (Lipinski definition) is 3. The van der Waals surface area contributed by atoms with E-state index in [1.54, 1.807) is 20.3 Å². The van der Waals surface area contributed by atoms with Gasteiger partial charge in [0.1, 0.15) is 0 Å². The van der Waals surface area contributed by atoms with Crippen LogP contribution in [-0.2, 0) is 4.79 Å². The van der Waals surface area contributed by atoms with Gasteiger partial charge in [-0.3, -0.25) is 4.79 Å². The van der Waals surface area contributed by atoms with E-state index in [0.29, 0.717) is 17.5 Å². The molecule has 0 atom stereocenters. The van der Waals surface area contributed by atoms with E-state index in [4.69, 9.17) is 9.47 Å². The maximum Gasteiger partial charge on any atom is 0.247 e. The zero-order valence-electron chi connectivity index (χ0n) is 13.1. The molecule has 0 N–H and O–H groups in total. The molecule has 0 aliphatic heterocycles. The van der Waals surface area contributed by atoms with Crippen molar-refractivity contribution in [1.82, 2.24) is 4.90 Å². The van der Waals surface area contributed by atoms with Gasteiger partial charge in [0.25, 0.3) is 0 Å². The van der Waals surface area contributed by atoms with Crippen LogP contribution >= 0.6 is 0 Å². The highest BCUT2D eigenvalue weighted by molar-refractivity contribution is 5.92. The predicted octanol–water partition coefficient (Wildman–Crippen LogP) is 3.12. The van der Waals surface area contributed by atoms with Gasteiger partial charge in [-0.25, -0.2) is 0 Å². The third-order valence-corrected chi connectivity index (χ3v) is 3.58. The molecule has 0 spiro atoms. The lowest BCUT2D eigenvalue weighted by atomic mass is 10.1. The molecule has 21 heavy (non-hydrogen) atoms. The fourth-order valence-electron chi connectivity index (χ4n) is 2.42. The van der Waals surface area contributed by atoms with Crippen LogP contribution < -0.4 is 9.47 Å². The molecule has 0 radical (unpaired) electrons. The molecule has 1 amide bonds. The predicted molar refractivity (Wildman–Crippen MR) is 83.6 cm³/mol. The molecule has 1 saturated carbocycles. The van der Waals surface area contributed by atoms with Gasteiger partial charge in [0.05, 0.1) is 14.2 Å². The molecular weight excluding hydrogens is 266 g/mol. The summed E-state index contributed by atoms with van der Waals surface area (Å²) >= 11 is 0. The van der Waals surface area contributed by atoms with E-state index >= 15 is 0 Å². The second kappa shape index (κ2) is 6.66. The van der Waals surface area contributed by atoms with Gasteiger partial charge in [-0.05, 0) is 50.5 Å². The van der Waals surface area contributed by atoms with Gasteiger partial charge in [0, 0.05) is 18.2 Å². The summed E-state index contributed by atoms with van der Waals surface area (Å²) in [6.45, 7) is 4.11. The Morgan fingerprint density at radius 2 is 1.90 bits per heavy atom. The first-order valence-electron chi connectivity index (χ1n) is 7.29. The molecule has 1 aromatic carbocycles. The first-order chi connectivity index (χ1) is 10.1. The van der Waals surface area contributed by atoms with E-state index in [-0.39, 0.29) is 11.9 Å². The lowest BCUT2D eigenvalue weighted by Gasteiger charge is -2.25. The van der Waals surface area contributed by atoms with Gasteiger partial charge < -0.3 is 14.4 Å². The molecule has 0 heterocycles. The van der Waals surface area contributed by atoms with Gasteiger partial charge in [-0.15, -0.1) is 0 Å². The Bertz CT molecular complexity index is 531. The first-order valence-corrected chi connectivity index (χ1v) is 7.29. The van der Waals surface area contributed by atoms with Gasteiger partial charge in [-0.2, -0.15) is 0 Å². The number of carbonyl (C=O) groups excluding carboxylic acids is 1. The van der Waals surface area contributed by atoms with Crippen LogP contribution in [0.3, 0.4) is 0 Å². The third kappa shape index (κ3) is 3.78. The highest BCUT2D eigenvalue weighted by atomic mass is 16.5. The smallest absolute Gasteiger partial charge is 0.247 e. The maximum atomic E-state index is 12.3. The van der Waals surface area contributed by atoms with Crippen LogP contribution in [0, 0.1) is 0 Å². The third-order valence-electron chi connectivity index (χ3n) is 3.58. The summed E-state index contributed by atoms with van der Waals surface area (Å²) < 4.78 is 10.5. The van der Waals surface area contributed by atoms with Gasteiger partial charge >= 0.3 is 0 Å². The molecule has 1 aliphatic carbocycles. The van der Waals surface area contributed by atoms with Crippen molar-refractivity contribution in [2.24, 2.45) is 0 Å². The Morgan fingerprint density at radius 3 is 2.43 bits per heavy atom. The minimum Gasteiger partial charge on any atom is -0.493 e.